The molecule has 1 heterocycles. The molecule has 1 saturated heterocycles. The largest absolute Gasteiger partial charge is 0.481 e. The van der Waals surface area contributed by atoms with Crippen LogP contribution in [0.15, 0.2) is 39.4 Å². The summed E-state index contributed by atoms with van der Waals surface area (Å²) in [6.45, 7) is 2.20. The highest BCUT2D eigenvalue weighted by molar-refractivity contribution is 8.15. The maximum atomic E-state index is 11.6. The zero-order chi connectivity index (χ0) is 18.1. The molecule has 0 aromatic heterocycles. The van der Waals surface area contributed by atoms with Crippen LogP contribution in [0.25, 0.3) is 0 Å². The Hall–Kier alpha value is -1.80. The molecule has 0 spiro atoms. The molecule has 1 aliphatic heterocycles. The monoisotopic (exact) mass is 379 g/mol. The van der Waals surface area contributed by atoms with Gasteiger partial charge in [-0.25, -0.2) is 0 Å². The van der Waals surface area contributed by atoms with Crippen molar-refractivity contribution in [1.82, 2.24) is 5.32 Å². The third-order valence-electron chi connectivity index (χ3n) is 3.39. The van der Waals surface area contributed by atoms with Crippen molar-refractivity contribution >= 4 is 46.8 Å². The van der Waals surface area contributed by atoms with E-state index in [9.17, 15) is 9.59 Å². The van der Waals surface area contributed by atoms with Crippen molar-refractivity contribution < 1.29 is 14.7 Å². The Labute approximate surface area is 155 Å². The van der Waals surface area contributed by atoms with Gasteiger partial charge in [-0.3, -0.25) is 9.59 Å². The minimum atomic E-state index is -1.01. The second kappa shape index (κ2) is 10.2. The molecule has 1 fully saturated rings. The maximum absolute atomic E-state index is 11.6. The number of amides is 1. The lowest BCUT2D eigenvalue weighted by atomic mass is 10.2. The van der Waals surface area contributed by atoms with Crippen molar-refractivity contribution in [3.8, 4) is 0 Å². The maximum Gasteiger partial charge on any atom is 0.305 e. The summed E-state index contributed by atoms with van der Waals surface area (Å²) in [5.41, 5.74) is 0.915. The average molecular weight is 380 g/mol. The van der Waals surface area contributed by atoms with Crippen LogP contribution in [0.3, 0.4) is 0 Å². The van der Waals surface area contributed by atoms with Gasteiger partial charge >= 0.3 is 5.97 Å². The van der Waals surface area contributed by atoms with Crippen LogP contribution in [0.1, 0.15) is 38.2 Å². The lowest BCUT2D eigenvalue weighted by Gasteiger charge is -2.01. The van der Waals surface area contributed by atoms with E-state index in [2.05, 4.69) is 34.6 Å². The SMILES string of the molecule is CCCCCSc1ccc(C=NN=C2NC(=O)C(CC(=O)O)S2)cc1. The molecule has 0 bridgehead atoms. The summed E-state index contributed by atoms with van der Waals surface area (Å²) in [5, 5.41) is 18.9. The Kier molecular flexibility index (Phi) is 8.00. The number of aliphatic carboxylic acids is 1. The second-order valence-corrected chi connectivity index (χ2v) is 7.83. The van der Waals surface area contributed by atoms with Gasteiger partial charge < -0.3 is 10.4 Å². The number of hydrogen-bond donors (Lipinski definition) is 2. The summed E-state index contributed by atoms with van der Waals surface area (Å²) < 4.78 is 0. The summed E-state index contributed by atoms with van der Waals surface area (Å²) in [7, 11) is 0. The molecule has 134 valence electrons. The van der Waals surface area contributed by atoms with E-state index < -0.39 is 11.2 Å². The Balaban J connectivity index is 1.83. The van der Waals surface area contributed by atoms with Crippen LogP contribution in [0, 0.1) is 0 Å². The standard InChI is InChI=1S/C17H21N3O3S2/c1-2-3-4-9-24-13-7-5-12(6-8-13)11-18-20-17-19-16(23)14(25-17)10-15(21)22/h5-8,11,14H,2-4,9-10H2,1H3,(H,21,22)(H,19,20,23). The number of carbonyl (C=O) groups excluding carboxylic acids is 1. The topological polar surface area (TPSA) is 91.1 Å². The number of rotatable bonds is 9. The molecule has 1 unspecified atom stereocenters. The first-order valence-electron chi connectivity index (χ1n) is 8.11. The van der Waals surface area contributed by atoms with Crippen molar-refractivity contribution in [1.29, 1.82) is 0 Å². The van der Waals surface area contributed by atoms with Crippen LogP contribution < -0.4 is 5.32 Å². The van der Waals surface area contributed by atoms with E-state index in [1.807, 2.05) is 23.9 Å². The van der Waals surface area contributed by atoms with E-state index in [1.165, 1.54) is 24.2 Å². The fraction of sp³-hybridized carbons (Fsp3) is 0.412. The van der Waals surface area contributed by atoms with Gasteiger partial charge in [-0.2, -0.15) is 5.10 Å². The quantitative estimate of drug-likeness (QED) is 0.297. The molecule has 2 rings (SSSR count). The van der Waals surface area contributed by atoms with Crippen LogP contribution in [0.2, 0.25) is 0 Å². The molecule has 25 heavy (non-hydrogen) atoms. The summed E-state index contributed by atoms with van der Waals surface area (Å²) in [5.74, 6) is -0.223. The predicted molar refractivity (Wildman–Crippen MR) is 103 cm³/mol. The number of thioether (sulfide) groups is 2. The van der Waals surface area contributed by atoms with Crippen LogP contribution in [-0.2, 0) is 9.59 Å². The Morgan fingerprint density at radius 1 is 1.36 bits per heavy atom. The van der Waals surface area contributed by atoms with E-state index in [-0.39, 0.29) is 12.3 Å². The molecule has 0 aliphatic carbocycles. The zero-order valence-electron chi connectivity index (χ0n) is 14.0. The molecule has 0 radical (unpaired) electrons. The number of carboxylic acid groups (broad SMARTS) is 1. The van der Waals surface area contributed by atoms with E-state index >= 15 is 0 Å². The van der Waals surface area contributed by atoms with Crippen molar-refractivity contribution in [2.45, 2.75) is 42.8 Å². The molecule has 1 aromatic carbocycles. The van der Waals surface area contributed by atoms with Crippen LogP contribution in [-0.4, -0.2) is 39.4 Å². The molecule has 8 heteroatoms. The lowest BCUT2D eigenvalue weighted by molar-refractivity contribution is -0.138. The molecule has 6 nitrogen and oxygen atoms in total. The van der Waals surface area contributed by atoms with E-state index in [4.69, 9.17) is 5.11 Å². The third kappa shape index (κ3) is 6.91. The summed E-state index contributed by atoms with van der Waals surface area (Å²) in [6, 6.07) is 8.05. The van der Waals surface area contributed by atoms with Crippen LogP contribution >= 0.6 is 23.5 Å². The number of nitrogens with one attached hydrogen (secondary N) is 1. The zero-order valence-corrected chi connectivity index (χ0v) is 15.6. The first-order valence-corrected chi connectivity index (χ1v) is 9.98. The summed E-state index contributed by atoms with van der Waals surface area (Å²) in [4.78, 5) is 23.5. The smallest absolute Gasteiger partial charge is 0.305 e. The molecular weight excluding hydrogens is 358 g/mol. The Bertz CT molecular complexity index is 660. The van der Waals surface area contributed by atoms with Crippen molar-refractivity contribution in [3.63, 3.8) is 0 Å². The molecule has 0 saturated carbocycles. The molecular formula is C17H21N3O3S2. The number of hydrogen-bond acceptors (Lipinski definition) is 6. The van der Waals surface area contributed by atoms with Gasteiger partial charge in [-0.05, 0) is 29.9 Å². The van der Waals surface area contributed by atoms with Gasteiger partial charge in [0.15, 0.2) is 5.17 Å². The highest BCUT2D eigenvalue weighted by Gasteiger charge is 2.32. The summed E-state index contributed by atoms with van der Waals surface area (Å²) >= 11 is 2.94. The number of unbranched alkanes of at least 4 members (excludes halogenated alkanes) is 2. The number of amidine groups is 1. The molecule has 1 atom stereocenters. The normalized spacial score (nSPS) is 18.8. The summed E-state index contributed by atoms with van der Waals surface area (Å²) in [6.07, 6.45) is 5.11. The number of nitrogens with zero attached hydrogens (tertiary/aromatic N) is 2. The van der Waals surface area contributed by atoms with Crippen molar-refractivity contribution in [2.24, 2.45) is 10.2 Å². The molecule has 1 amide bonds. The van der Waals surface area contributed by atoms with Crippen LogP contribution in [0.5, 0.6) is 0 Å². The van der Waals surface area contributed by atoms with Crippen molar-refractivity contribution in [3.05, 3.63) is 29.8 Å². The molecule has 1 aromatic rings. The van der Waals surface area contributed by atoms with Gasteiger partial charge in [0, 0.05) is 4.90 Å². The van der Waals surface area contributed by atoms with E-state index in [0.717, 1.165) is 23.1 Å². The predicted octanol–water partition coefficient (Wildman–Crippen LogP) is 3.37. The Morgan fingerprint density at radius 3 is 2.80 bits per heavy atom. The number of benzene rings is 1. The van der Waals surface area contributed by atoms with Gasteiger partial charge in [0.05, 0.1) is 12.6 Å². The van der Waals surface area contributed by atoms with Gasteiger partial charge in [-0.15, -0.1) is 16.9 Å². The van der Waals surface area contributed by atoms with E-state index in [0.29, 0.717) is 5.17 Å². The third-order valence-corrected chi connectivity index (χ3v) is 5.56. The van der Waals surface area contributed by atoms with E-state index in [1.54, 1.807) is 6.21 Å². The number of carboxylic acids is 1. The van der Waals surface area contributed by atoms with Gasteiger partial charge in [0.1, 0.15) is 5.25 Å². The minimum absolute atomic E-state index is 0.226. The first kappa shape index (κ1) is 19.5. The van der Waals surface area contributed by atoms with Crippen molar-refractivity contribution in [2.75, 3.05) is 5.75 Å². The molecule has 1 aliphatic rings. The molecule has 2 N–H and O–H groups in total. The van der Waals surface area contributed by atoms with Crippen LogP contribution in [0.4, 0.5) is 0 Å². The second-order valence-electron chi connectivity index (χ2n) is 5.47. The highest BCUT2D eigenvalue weighted by atomic mass is 32.2. The Morgan fingerprint density at radius 2 is 2.12 bits per heavy atom. The first-order chi connectivity index (χ1) is 12.1. The highest BCUT2D eigenvalue weighted by Crippen LogP contribution is 2.22. The fourth-order valence-electron chi connectivity index (χ4n) is 2.09. The average Bonchev–Trinajstić information content (AvgIpc) is 2.92. The van der Waals surface area contributed by atoms with Gasteiger partial charge in [-0.1, -0.05) is 43.7 Å². The fourth-order valence-corrected chi connectivity index (χ4v) is 3.91. The van der Waals surface area contributed by atoms with Gasteiger partial charge in [0.25, 0.3) is 0 Å². The lowest BCUT2D eigenvalue weighted by Crippen LogP contribution is -2.26. The van der Waals surface area contributed by atoms with Gasteiger partial charge in [0.2, 0.25) is 5.91 Å². The minimum Gasteiger partial charge on any atom is -0.481 e. The number of carbonyl (C=O) groups is 2.